The number of aromatic nitrogens is 1. The van der Waals surface area contributed by atoms with Gasteiger partial charge in [-0.25, -0.2) is 4.98 Å². The number of nitrogens with one attached hydrogen (secondary N) is 2. The number of para-hydroxylation sites is 1. The van der Waals surface area contributed by atoms with E-state index in [1.807, 2.05) is 36.4 Å². The maximum Gasteiger partial charge on any atom is 0.229 e. The van der Waals surface area contributed by atoms with E-state index >= 15 is 0 Å². The van der Waals surface area contributed by atoms with Gasteiger partial charge < -0.3 is 15.1 Å². The van der Waals surface area contributed by atoms with E-state index in [1.54, 1.807) is 0 Å². The highest BCUT2D eigenvalue weighted by Crippen LogP contribution is 2.30. The maximum atomic E-state index is 12.8. The Hall–Kier alpha value is -2.08. The van der Waals surface area contributed by atoms with E-state index < -0.39 is 0 Å². The topological polar surface area (TPSA) is 67.2 Å². The Labute approximate surface area is 158 Å². The third kappa shape index (κ3) is 3.79. The fourth-order valence-corrected chi connectivity index (χ4v) is 3.22. The molecule has 0 radical (unpaired) electrons. The van der Waals surface area contributed by atoms with Crippen molar-refractivity contribution in [2.45, 2.75) is 5.92 Å². The molecule has 3 aromatic rings. The lowest BCUT2D eigenvalue weighted by Crippen LogP contribution is -2.28. The van der Waals surface area contributed by atoms with Crippen molar-refractivity contribution in [3.8, 4) is 0 Å². The second-order valence-corrected chi connectivity index (χ2v) is 5.78. The third-order valence-corrected chi connectivity index (χ3v) is 4.40. The molecule has 5 nitrogen and oxygen atoms in total. The van der Waals surface area contributed by atoms with Gasteiger partial charge in [0, 0.05) is 19.0 Å². The second-order valence-electron chi connectivity index (χ2n) is 5.78. The SMILES string of the molecule is Cl.Cl.O=C(Nc1cccc2ocnc12)[C@H]1CNC[C@@H]1c1ccccc1. The van der Waals surface area contributed by atoms with Crippen molar-refractivity contribution in [1.29, 1.82) is 0 Å². The summed E-state index contributed by atoms with van der Waals surface area (Å²) in [6.07, 6.45) is 1.39. The maximum absolute atomic E-state index is 12.8. The Bertz CT molecular complexity index is 838. The van der Waals surface area contributed by atoms with E-state index in [-0.39, 0.29) is 42.6 Å². The summed E-state index contributed by atoms with van der Waals surface area (Å²) in [6, 6.07) is 15.7. The lowest BCUT2D eigenvalue weighted by Gasteiger charge is -2.18. The average molecular weight is 380 g/mol. The van der Waals surface area contributed by atoms with E-state index in [9.17, 15) is 4.79 Å². The summed E-state index contributed by atoms with van der Waals surface area (Å²) < 4.78 is 5.28. The summed E-state index contributed by atoms with van der Waals surface area (Å²) in [7, 11) is 0. The molecular formula is C18H19Cl2N3O2. The predicted octanol–water partition coefficient (Wildman–Crippen LogP) is 3.61. The molecule has 0 spiro atoms. The molecule has 1 amide bonds. The first kappa shape index (κ1) is 19.2. The number of rotatable bonds is 3. The van der Waals surface area contributed by atoms with Crippen LogP contribution in [-0.4, -0.2) is 24.0 Å². The van der Waals surface area contributed by atoms with E-state index in [1.165, 1.54) is 12.0 Å². The summed E-state index contributed by atoms with van der Waals surface area (Å²) in [4.78, 5) is 16.9. The monoisotopic (exact) mass is 379 g/mol. The molecule has 1 aliphatic rings. The number of hydrogen-bond donors (Lipinski definition) is 2. The Balaban J connectivity index is 0.00000113. The number of oxazole rings is 1. The molecule has 4 rings (SSSR count). The van der Waals surface area contributed by atoms with Crippen LogP contribution in [0.3, 0.4) is 0 Å². The first-order chi connectivity index (χ1) is 11.3. The molecule has 1 aromatic heterocycles. The number of halogens is 2. The van der Waals surface area contributed by atoms with Crippen LogP contribution in [0.25, 0.3) is 11.1 Å². The van der Waals surface area contributed by atoms with Gasteiger partial charge in [0.1, 0.15) is 5.52 Å². The highest BCUT2D eigenvalue weighted by molar-refractivity contribution is 6.00. The van der Waals surface area contributed by atoms with Crippen molar-refractivity contribution in [2.75, 3.05) is 18.4 Å². The highest BCUT2D eigenvalue weighted by atomic mass is 35.5. The van der Waals surface area contributed by atoms with E-state index in [0.29, 0.717) is 23.3 Å². The van der Waals surface area contributed by atoms with Gasteiger partial charge in [0.25, 0.3) is 0 Å². The van der Waals surface area contributed by atoms with Crippen molar-refractivity contribution < 1.29 is 9.21 Å². The van der Waals surface area contributed by atoms with Crippen LogP contribution in [0, 0.1) is 5.92 Å². The van der Waals surface area contributed by atoms with Crippen LogP contribution in [0.1, 0.15) is 11.5 Å². The number of hydrogen-bond acceptors (Lipinski definition) is 4. The zero-order valence-electron chi connectivity index (χ0n) is 13.3. The number of nitrogens with zero attached hydrogens (tertiary/aromatic N) is 1. The molecule has 0 unspecified atom stereocenters. The zero-order chi connectivity index (χ0) is 15.6. The normalized spacial score (nSPS) is 19.0. The van der Waals surface area contributed by atoms with Gasteiger partial charge in [0.05, 0.1) is 11.6 Å². The fourth-order valence-electron chi connectivity index (χ4n) is 3.22. The number of carbonyl (C=O) groups is 1. The van der Waals surface area contributed by atoms with Crippen molar-refractivity contribution in [3.63, 3.8) is 0 Å². The molecule has 1 aliphatic heterocycles. The van der Waals surface area contributed by atoms with Crippen molar-refractivity contribution in [1.82, 2.24) is 10.3 Å². The van der Waals surface area contributed by atoms with Gasteiger partial charge >= 0.3 is 0 Å². The minimum Gasteiger partial charge on any atom is -0.443 e. The van der Waals surface area contributed by atoms with E-state index in [4.69, 9.17) is 4.42 Å². The average Bonchev–Trinajstić information content (AvgIpc) is 3.25. The second kappa shape index (κ2) is 8.34. The molecule has 1 fully saturated rings. The summed E-state index contributed by atoms with van der Waals surface area (Å²) in [5, 5.41) is 6.34. The lowest BCUT2D eigenvalue weighted by molar-refractivity contribution is -0.119. The largest absolute Gasteiger partial charge is 0.443 e. The Morgan fingerprint density at radius 3 is 2.68 bits per heavy atom. The summed E-state index contributed by atoms with van der Waals surface area (Å²) >= 11 is 0. The Morgan fingerprint density at radius 2 is 1.88 bits per heavy atom. The molecule has 2 aromatic carbocycles. The molecule has 2 heterocycles. The van der Waals surface area contributed by atoms with Crippen LogP contribution < -0.4 is 10.6 Å². The van der Waals surface area contributed by atoms with Gasteiger partial charge in [-0.15, -0.1) is 24.8 Å². The van der Waals surface area contributed by atoms with Crippen LogP contribution in [-0.2, 0) is 4.79 Å². The van der Waals surface area contributed by atoms with Crippen LogP contribution in [0.5, 0.6) is 0 Å². The van der Waals surface area contributed by atoms with Gasteiger partial charge in [-0.05, 0) is 17.7 Å². The van der Waals surface area contributed by atoms with Crippen LogP contribution in [0.4, 0.5) is 5.69 Å². The first-order valence-electron chi connectivity index (χ1n) is 7.71. The molecular weight excluding hydrogens is 361 g/mol. The van der Waals surface area contributed by atoms with Crippen LogP contribution >= 0.6 is 24.8 Å². The van der Waals surface area contributed by atoms with E-state index in [0.717, 1.165) is 6.54 Å². The molecule has 0 saturated carbocycles. The minimum atomic E-state index is -0.0976. The van der Waals surface area contributed by atoms with E-state index in [2.05, 4.69) is 27.8 Å². The molecule has 2 N–H and O–H groups in total. The third-order valence-electron chi connectivity index (χ3n) is 4.40. The highest BCUT2D eigenvalue weighted by Gasteiger charge is 2.34. The Morgan fingerprint density at radius 1 is 1.08 bits per heavy atom. The number of benzene rings is 2. The predicted molar refractivity (Wildman–Crippen MR) is 103 cm³/mol. The molecule has 0 bridgehead atoms. The molecule has 1 saturated heterocycles. The van der Waals surface area contributed by atoms with Gasteiger partial charge in [0.15, 0.2) is 12.0 Å². The fraction of sp³-hybridized carbons (Fsp3) is 0.222. The summed E-state index contributed by atoms with van der Waals surface area (Å²) in [5.41, 5.74) is 3.24. The quantitative estimate of drug-likeness (QED) is 0.729. The van der Waals surface area contributed by atoms with Crippen molar-refractivity contribution in [2.24, 2.45) is 5.92 Å². The molecule has 2 atom stereocenters. The first-order valence-corrected chi connectivity index (χ1v) is 7.71. The van der Waals surface area contributed by atoms with Crippen LogP contribution in [0.15, 0.2) is 59.3 Å². The van der Waals surface area contributed by atoms with Gasteiger partial charge in [-0.1, -0.05) is 36.4 Å². The van der Waals surface area contributed by atoms with Crippen molar-refractivity contribution in [3.05, 3.63) is 60.5 Å². The smallest absolute Gasteiger partial charge is 0.229 e. The van der Waals surface area contributed by atoms with Gasteiger partial charge in [-0.2, -0.15) is 0 Å². The summed E-state index contributed by atoms with van der Waals surface area (Å²) in [6.45, 7) is 1.50. The zero-order valence-corrected chi connectivity index (χ0v) is 15.0. The number of amides is 1. The lowest BCUT2D eigenvalue weighted by atomic mass is 9.88. The molecule has 0 aliphatic carbocycles. The van der Waals surface area contributed by atoms with Gasteiger partial charge in [0.2, 0.25) is 5.91 Å². The van der Waals surface area contributed by atoms with Crippen molar-refractivity contribution >= 4 is 47.5 Å². The van der Waals surface area contributed by atoms with Gasteiger partial charge in [-0.3, -0.25) is 4.79 Å². The van der Waals surface area contributed by atoms with Crippen LogP contribution in [0.2, 0.25) is 0 Å². The molecule has 25 heavy (non-hydrogen) atoms. The summed E-state index contributed by atoms with van der Waals surface area (Å²) in [5.74, 6) is 0.103. The number of fused-ring (bicyclic) bond motifs is 1. The molecule has 7 heteroatoms. The standard InChI is InChI=1S/C18H17N3O2.2ClH/c22-18(21-15-7-4-8-16-17(15)20-11-23-16)14-10-19-9-13(14)12-5-2-1-3-6-12;;/h1-8,11,13-14,19H,9-10H2,(H,21,22);2*1H/t13-,14+;;/m1../s1. The molecule has 132 valence electrons. The number of carbonyl (C=O) groups excluding carboxylic acids is 1. The number of anilines is 1. The minimum absolute atomic E-state index is 0. The Kier molecular flexibility index (Phi) is 6.42.